The van der Waals surface area contributed by atoms with E-state index in [1.807, 2.05) is 31.2 Å². The summed E-state index contributed by atoms with van der Waals surface area (Å²) in [6, 6.07) is 9.27. The fraction of sp³-hybridized carbons (Fsp3) is 0.368. The maximum absolute atomic E-state index is 11.2. The first-order chi connectivity index (χ1) is 11.2. The number of carboxylic acids is 1. The lowest BCUT2D eigenvalue weighted by Crippen LogP contribution is -2.43. The average molecular weight is 333 g/mol. The second-order valence-electron chi connectivity index (χ2n) is 5.97. The highest BCUT2D eigenvalue weighted by Gasteiger charge is 2.22. The van der Waals surface area contributed by atoms with E-state index < -0.39 is 23.7 Å². The molecule has 1 amide bonds. The van der Waals surface area contributed by atoms with Crippen molar-refractivity contribution in [2.45, 2.75) is 45.8 Å². The summed E-state index contributed by atoms with van der Waals surface area (Å²) in [5, 5.41) is 11.0. The zero-order valence-electron chi connectivity index (χ0n) is 14.8. The van der Waals surface area contributed by atoms with Crippen LogP contribution in [0.4, 0.5) is 4.79 Å². The largest absolute Gasteiger partial charge is 0.480 e. The van der Waals surface area contributed by atoms with Gasteiger partial charge in [0, 0.05) is 0 Å². The SMILES string of the molecule is C/C=C/c1ccccc1.C=CCC(NC(=O)OC(C)(C)C)C(=O)O. The molecule has 1 aromatic rings. The second-order valence-corrected chi connectivity index (χ2v) is 5.97. The molecule has 5 heteroatoms. The van der Waals surface area contributed by atoms with Crippen LogP contribution < -0.4 is 5.32 Å². The van der Waals surface area contributed by atoms with E-state index in [9.17, 15) is 9.59 Å². The molecule has 0 aliphatic carbocycles. The Hall–Kier alpha value is -2.56. The summed E-state index contributed by atoms with van der Waals surface area (Å²) < 4.78 is 4.92. The van der Waals surface area contributed by atoms with Crippen LogP contribution in [0.15, 0.2) is 49.1 Å². The summed E-state index contributed by atoms with van der Waals surface area (Å²) in [4.78, 5) is 21.9. The zero-order valence-corrected chi connectivity index (χ0v) is 14.8. The Bertz CT molecular complexity index is 544. The van der Waals surface area contributed by atoms with Gasteiger partial charge in [0.1, 0.15) is 11.6 Å². The van der Waals surface area contributed by atoms with E-state index in [2.05, 4.69) is 30.1 Å². The number of rotatable bonds is 5. The van der Waals surface area contributed by atoms with Crippen molar-refractivity contribution in [3.63, 3.8) is 0 Å². The molecule has 0 saturated heterocycles. The van der Waals surface area contributed by atoms with E-state index in [0.717, 1.165) is 0 Å². The fourth-order valence-corrected chi connectivity index (χ4v) is 1.59. The van der Waals surface area contributed by atoms with Crippen molar-refractivity contribution in [3.05, 3.63) is 54.6 Å². The fourth-order valence-electron chi connectivity index (χ4n) is 1.59. The van der Waals surface area contributed by atoms with Crippen LogP contribution in [0.1, 0.15) is 39.7 Å². The number of benzene rings is 1. The molecular weight excluding hydrogens is 306 g/mol. The Balaban J connectivity index is 0.000000496. The van der Waals surface area contributed by atoms with E-state index in [1.54, 1.807) is 20.8 Å². The topological polar surface area (TPSA) is 75.6 Å². The molecule has 0 aliphatic rings. The van der Waals surface area contributed by atoms with Crippen molar-refractivity contribution >= 4 is 18.1 Å². The van der Waals surface area contributed by atoms with Gasteiger partial charge < -0.3 is 15.2 Å². The van der Waals surface area contributed by atoms with Crippen LogP contribution in [0.3, 0.4) is 0 Å². The molecule has 0 saturated carbocycles. The lowest BCUT2D eigenvalue weighted by atomic mass is 10.2. The van der Waals surface area contributed by atoms with Gasteiger partial charge in [-0.2, -0.15) is 0 Å². The third-order valence-electron chi connectivity index (χ3n) is 2.55. The number of aliphatic carboxylic acids is 1. The predicted molar refractivity (Wildman–Crippen MR) is 96.8 cm³/mol. The van der Waals surface area contributed by atoms with Crippen LogP contribution in [0.5, 0.6) is 0 Å². The van der Waals surface area contributed by atoms with E-state index in [0.29, 0.717) is 0 Å². The number of hydrogen-bond donors (Lipinski definition) is 2. The van der Waals surface area contributed by atoms with Crippen molar-refractivity contribution in [1.29, 1.82) is 0 Å². The van der Waals surface area contributed by atoms with E-state index in [1.165, 1.54) is 11.6 Å². The van der Waals surface area contributed by atoms with Crippen LogP contribution in [0.25, 0.3) is 6.08 Å². The highest BCUT2D eigenvalue weighted by atomic mass is 16.6. The summed E-state index contributed by atoms with van der Waals surface area (Å²) in [7, 11) is 0. The first kappa shape index (κ1) is 21.4. The summed E-state index contributed by atoms with van der Waals surface area (Å²) in [6.07, 6.45) is 4.97. The Morgan fingerprint density at radius 2 is 1.88 bits per heavy atom. The molecule has 0 fully saturated rings. The van der Waals surface area contributed by atoms with E-state index in [-0.39, 0.29) is 6.42 Å². The standard InChI is InChI=1S/C10H17NO4.C9H10/c1-5-6-7(8(12)13)11-9(14)15-10(2,3)4;1-2-6-9-7-4-3-5-8-9/h5,7H,1,6H2,2-4H3,(H,11,14)(H,12,13);2-8H,1H3/b;6-2+. The molecule has 0 heterocycles. The highest BCUT2D eigenvalue weighted by Crippen LogP contribution is 2.07. The van der Waals surface area contributed by atoms with Crippen molar-refractivity contribution in [1.82, 2.24) is 5.32 Å². The summed E-state index contributed by atoms with van der Waals surface area (Å²) in [5.41, 5.74) is 0.626. The number of ether oxygens (including phenoxy) is 1. The van der Waals surface area contributed by atoms with Crippen molar-refractivity contribution in [3.8, 4) is 0 Å². The molecule has 2 N–H and O–H groups in total. The normalized spacial score (nSPS) is 11.8. The van der Waals surface area contributed by atoms with Gasteiger partial charge in [0.15, 0.2) is 0 Å². The van der Waals surface area contributed by atoms with Crippen molar-refractivity contribution in [2.24, 2.45) is 0 Å². The van der Waals surface area contributed by atoms with Crippen LogP contribution >= 0.6 is 0 Å². The van der Waals surface area contributed by atoms with Crippen molar-refractivity contribution in [2.75, 3.05) is 0 Å². The predicted octanol–water partition coefficient (Wildman–Crippen LogP) is 4.26. The molecule has 5 nitrogen and oxygen atoms in total. The molecule has 1 rings (SSSR count). The quantitative estimate of drug-likeness (QED) is 0.789. The smallest absolute Gasteiger partial charge is 0.408 e. The summed E-state index contributed by atoms with van der Waals surface area (Å²) >= 11 is 0. The number of carboxylic acid groups (broad SMARTS) is 1. The first-order valence-electron chi connectivity index (χ1n) is 7.70. The minimum atomic E-state index is -1.11. The van der Waals surface area contributed by atoms with Gasteiger partial charge in [0.2, 0.25) is 0 Å². The zero-order chi connectivity index (χ0) is 18.6. The first-order valence-corrected chi connectivity index (χ1v) is 7.70. The van der Waals surface area contributed by atoms with Crippen LogP contribution in [-0.2, 0) is 9.53 Å². The maximum Gasteiger partial charge on any atom is 0.408 e. The molecule has 0 aliphatic heterocycles. The molecule has 1 aromatic carbocycles. The van der Waals surface area contributed by atoms with Crippen LogP contribution in [-0.4, -0.2) is 28.8 Å². The molecule has 0 spiro atoms. The average Bonchev–Trinajstić information content (AvgIpc) is 2.47. The molecule has 24 heavy (non-hydrogen) atoms. The van der Waals surface area contributed by atoms with Gasteiger partial charge >= 0.3 is 12.1 Å². The number of allylic oxidation sites excluding steroid dienone is 1. The lowest BCUT2D eigenvalue weighted by molar-refractivity contribution is -0.139. The summed E-state index contributed by atoms with van der Waals surface area (Å²) in [5.74, 6) is -1.11. The monoisotopic (exact) mass is 333 g/mol. The highest BCUT2D eigenvalue weighted by molar-refractivity contribution is 5.80. The van der Waals surface area contributed by atoms with Crippen LogP contribution in [0, 0.1) is 0 Å². The molecule has 1 unspecified atom stereocenters. The molecule has 132 valence electrons. The van der Waals surface area contributed by atoms with Gasteiger partial charge in [-0.25, -0.2) is 9.59 Å². The summed E-state index contributed by atoms with van der Waals surface area (Å²) in [6.45, 7) is 10.5. The molecule has 0 bridgehead atoms. The Morgan fingerprint density at radius 1 is 1.29 bits per heavy atom. The minimum absolute atomic E-state index is 0.161. The molecular formula is C19H27NO4. The molecule has 0 radical (unpaired) electrons. The second kappa shape index (κ2) is 11.0. The van der Waals surface area contributed by atoms with Crippen molar-refractivity contribution < 1.29 is 19.4 Å². The van der Waals surface area contributed by atoms with Gasteiger partial charge in [-0.3, -0.25) is 0 Å². The number of amides is 1. The number of carbonyl (C=O) groups excluding carboxylic acids is 1. The lowest BCUT2D eigenvalue weighted by Gasteiger charge is -2.21. The Labute approximate surface area is 144 Å². The minimum Gasteiger partial charge on any atom is -0.480 e. The Morgan fingerprint density at radius 3 is 2.29 bits per heavy atom. The van der Waals surface area contributed by atoms with E-state index >= 15 is 0 Å². The van der Waals surface area contributed by atoms with Gasteiger partial charge in [-0.15, -0.1) is 6.58 Å². The van der Waals surface area contributed by atoms with Gasteiger partial charge in [-0.1, -0.05) is 48.6 Å². The number of nitrogens with one attached hydrogen (secondary N) is 1. The van der Waals surface area contributed by atoms with Gasteiger partial charge in [0.05, 0.1) is 0 Å². The van der Waals surface area contributed by atoms with Crippen LogP contribution in [0.2, 0.25) is 0 Å². The van der Waals surface area contributed by atoms with Gasteiger partial charge in [-0.05, 0) is 39.7 Å². The number of carbonyl (C=O) groups is 2. The van der Waals surface area contributed by atoms with Gasteiger partial charge in [0.25, 0.3) is 0 Å². The third kappa shape index (κ3) is 11.1. The number of hydrogen-bond acceptors (Lipinski definition) is 3. The van der Waals surface area contributed by atoms with E-state index in [4.69, 9.17) is 9.84 Å². The molecule has 1 atom stereocenters. The third-order valence-corrected chi connectivity index (χ3v) is 2.55. The molecule has 0 aromatic heterocycles. The Kier molecular flexibility index (Phi) is 9.87. The maximum atomic E-state index is 11.2. The number of alkyl carbamates (subject to hydrolysis) is 1.